The van der Waals surface area contributed by atoms with Gasteiger partial charge in [-0.15, -0.1) is 0 Å². The molecule has 1 aromatic carbocycles. The summed E-state index contributed by atoms with van der Waals surface area (Å²) < 4.78 is 40.7. The highest BCUT2D eigenvalue weighted by Crippen LogP contribution is 2.26. The van der Waals surface area contributed by atoms with Gasteiger partial charge in [0, 0.05) is 20.1 Å². The molecule has 1 fully saturated rings. The number of sulfonamides is 1. The lowest BCUT2D eigenvalue weighted by atomic mass is 10.1. The van der Waals surface area contributed by atoms with Gasteiger partial charge in [0.1, 0.15) is 4.90 Å². The van der Waals surface area contributed by atoms with Crippen molar-refractivity contribution in [2.24, 2.45) is 7.05 Å². The monoisotopic (exact) mass is 407 g/mol. The van der Waals surface area contributed by atoms with E-state index in [1.54, 1.807) is 29.9 Å². The van der Waals surface area contributed by atoms with E-state index in [0.29, 0.717) is 62.0 Å². The van der Waals surface area contributed by atoms with Gasteiger partial charge in [-0.25, -0.2) is 8.42 Å². The summed E-state index contributed by atoms with van der Waals surface area (Å²) >= 11 is 0. The van der Waals surface area contributed by atoms with Crippen molar-refractivity contribution in [1.29, 1.82) is 0 Å². The van der Waals surface area contributed by atoms with Gasteiger partial charge >= 0.3 is 0 Å². The van der Waals surface area contributed by atoms with E-state index >= 15 is 0 Å². The van der Waals surface area contributed by atoms with Crippen molar-refractivity contribution in [3.05, 3.63) is 47.3 Å². The molecule has 1 aromatic heterocycles. The van der Waals surface area contributed by atoms with Gasteiger partial charge in [0.05, 0.1) is 37.3 Å². The summed E-state index contributed by atoms with van der Waals surface area (Å²) in [5.41, 5.74) is 2.36. The fraction of sp³-hybridized carbons (Fsp3) is 0.550. The van der Waals surface area contributed by atoms with Crippen LogP contribution in [-0.4, -0.2) is 54.9 Å². The van der Waals surface area contributed by atoms with Crippen molar-refractivity contribution in [3.8, 4) is 0 Å². The van der Waals surface area contributed by atoms with Crippen molar-refractivity contribution in [1.82, 2.24) is 14.1 Å². The van der Waals surface area contributed by atoms with Gasteiger partial charge in [-0.2, -0.15) is 9.40 Å². The fourth-order valence-corrected chi connectivity index (χ4v) is 5.40. The summed E-state index contributed by atoms with van der Waals surface area (Å²) in [7, 11) is -1.75. The first-order chi connectivity index (χ1) is 13.4. The molecule has 1 saturated heterocycles. The quantitative estimate of drug-likeness (QED) is 0.629. The van der Waals surface area contributed by atoms with E-state index in [0.717, 1.165) is 5.56 Å². The summed E-state index contributed by atoms with van der Waals surface area (Å²) in [6.45, 7) is 6.08. The first kappa shape index (κ1) is 21.0. The molecule has 154 valence electrons. The van der Waals surface area contributed by atoms with E-state index in [1.165, 1.54) is 0 Å². The molecule has 3 rings (SSSR count). The summed E-state index contributed by atoms with van der Waals surface area (Å²) in [5.74, 6) is 0. The zero-order valence-electron chi connectivity index (χ0n) is 16.8. The molecule has 1 aliphatic rings. The fourth-order valence-electron chi connectivity index (χ4n) is 3.53. The smallest absolute Gasteiger partial charge is 0.246 e. The van der Waals surface area contributed by atoms with Crippen LogP contribution >= 0.6 is 0 Å². The highest BCUT2D eigenvalue weighted by molar-refractivity contribution is 7.89. The maximum atomic E-state index is 13.0. The van der Waals surface area contributed by atoms with Crippen LogP contribution < -0.4 is 0 Å². The minimum absolute atomic E-state index is 0.0721. The highest BCUT2D eigenvalue weighted by atomic mass is 32.2. The Kier molecular flexibility index (Phi) is 6.87. The van der Waals surface area contributed by atoms with Crippen LogP contribution in [-0.2, 0) is 33.2 Å². The van der Waals surface area contributed by atoms with E-state index < -0.39 is 10.0 Å². The van der Waals surface area contributed by atoms with Gasteiger partial charge in [-0.1, -0.05) is 30.3 Å². The van der Waals surface area contributed by atoms with Crippen LogP contribution in [0, 0.1) is 13.8 Å². The van der Waals surface area contributed by atoms with Gasteiger partial charge in [0.25, 0.3) is 0 Å². The maximum absolute atomic E-state index is 13.0. The molecule has 8 heteroatoms. The van der Waals surface area contributed by atoms with Crippen LogP contribution in [0.1, 0.15) is 29.8 Å². The Labute approximate surface area is 167 Å². The number of hydrogen-bond donors (Lipinski definition) is 0. The molecule has 0 radical (unpaired) electrons. The lowest BCUT2D eigenvalue weighted by molar-refractivity contribution is -0.0175. The zero-order chi connectivity index (χ0) is 20.1. The third-order valence-corrected chi connectivity index (χ3v) is 7.29. The number of benzene rings is 1. The molecular weight excluding hydrogens is 378 g/mol. The molecule has 2 aromatic rings. The molecule has 0 N–H and O–H groups in total. The molecular formula is C20H29N3O4S. The Bertz CT molecular complexity index is 872. The summed E-state index contributed by atoms with van der Waals surface area (Å²) in [5, 5.41) is 4.24. The lowest BCUT2D eigenvalue weighted by Crippen LogP contribution is -2.41. The predicted molar refractivity (Wildman–Crippen MR) is 107 cm³/mol. The predicted octanol–water partition coefficient (Wildman–Crippen LogP) is 2.42. The molecule has 1 aliphatic heterocycles. The summed E-state index contributed by atoms with van der Waals surface area (Å²) in [4.78, 5) is 0.337. The zero-order valence-corrected chi connectivity index (χ0v) is 17.6. The average Bonchev–Trinajstić information content (AvgIpc) is 2.95. The first-order valence-corrected chi connectivity index (χ1v) is 11.1. The first-order valence-electron chi connectivity index (χ1n) is 9.63. The van der Waals surface area contributed by atoms with Gasteiger partial charge < -0.3 is 9.47 Å². The second-order valence-electron chi connectivity index (χ2n) is 7.14. The van der Waals surface area contributed by atoms with Gasteiger partial charge in [-0.05, 0) is 32.3 Å². The van der Waals surface area contributed by atoms with Gasteiger partial charge in [-0.3, -0.25) is 4.68 Å². The standard InChI is InChI=1S/C20H29N3O4S/c1-16-20(17(2)22(3)21-16)28(24,25)23-11-9-19(10-12-23)27-14-13-26-15-18-7-5-4-6-8-18/h4-8,19H,9-15H2,1-3H3. The summed E-state index contributed by atoms with van der Waals surface area (Å²) in [6, 6.07) is 10.0. The molecule has 0 saturated carbocycles. The van der Waals surface area contributed by atoms with Crippen LogP contribution in [0.15, 0.2) is 35.2 Å². The number of ether oxygens (including phenoxy) is 2. The van der Waals surface area contributed by atoms with Crippen molar-refractivity contribution in [2.75, 3.05) is 26.3 Å². The maximum Gasteiger partial charge on any atom is 0.246 e. The molecule has 0 bridgehead atoms. The Hall–Kier alpha value is -1.74. The molecule has 0 aliphatic carbocycles. The Morgan fingerprint density at radius 1 is 1.11 bits per heavy atom. The van der Waals surface area contributed by atoms with E-state index in [9.17, 15) is 8.42 Å². The number of rotatable bonds is 8. The largest absolute Gasteiger partial charge is 0.376 e. The number of hydrogen-bond acceptors (Lipinski definition) is 5. The van der Waals surface area contributed by atoms with Crippen molar-refractivity contribution < 1.29 is 17.9 Å². The average molecular weight is 408 g/mol. The molecule has 7 nitrogen and oxygen atoms in total. The van der Waals surface area contributed by atoms with Crippen molar-refractivity contribution in [3.63, 3.8) is 0 Å². The van der Waals surface area contributed by atoms with E-state index in [4.69, 9.17) is 9.47 Å². The van der Waals surface area contributed by atoms with E-state index in [-0.39, 0.29) is 6.10 Å². The van der Waals surface area contributed by atoms with Crippen LogP contribution in [0.3, 0.4) is 0 Å². The Morgan fingerprint density at radius 3 is 2.39 bits per heavy atom. The Balaban J connectivity index is 1.43. The number of piperidine rings is 1. The molecule has 2 heterocycles. The minimum Gasteiger partial charge on any atom is -0.376 e. The van der Waals surface area contributed by atoms with Crippen molar-refractivity contribution in [2.45, 2.75) is 44.3 Å². The molecule has 0 amide bonds. The molecule has 0 spiro atoms. The van der Waals surface area contributed by atoms with Crippen LogP contribution in [0.5, 0.6) is 0 Å². The van der Waals surface area contributed by atoms with Crippen molar-refractivity contribution >= 4 is 10.0 Å². The second-order valence-corrected chi connectivity index (χ2v) is 9.01. The lowest BCUT2D eigenvalue weighted by Gasteiger charge is -2.31. The van der Waals surface area contributed by atoms with E-state index in [2.05, 4.69) is 5.10 Å². The summed E-state index contributed by atoms with van der Waals surface area (Å²) in [6.07, 6.45) is 1.45. The van der Waals surface area contributed by atoms with Crippen LogP contribution in [0.2, 0.25) is 0 Å². The highest BCUT2D eigenvalue weighted by Gasteiger charge is 2.33. The molecule has 0 atom stereocenters. The van der Waals surface area contributed by atoms with Crippen LogP contribution in [0.4, 0.5) is 0 Å². The molecule has 0 unspecified atom stereocenters. The SMILES string of the molecule is Cc1nn(C)c(C)c1S(=O)(=O)N1CCC(OCCOCc2ccccc2)CC1. The number of aromatic nitrogens is 2. The number of aryl methyl sites for hydroxylation is 2. The Morgan fingerprint density at radius 2 is 1.79 bits per heavy atom. The van der Waals surface area contributed by atoms with Gasteiger partial charge in [0.2, 0.25) is 10.0 Å². The second kappa shape index (κ2) is 9.17. The number of nitrogens with zero attached hydrogens (tertiary/aromatic N) is 3. The normalized spacial score (nSPS) is 16.5. The minimum atomic E-state index is -3.52. The van der Waals surface area contributed by atoms with Crippen LogP contribution in [0.25, 0.3) is 0 Å². The third-order valence-electron chi connectivity index (χ3n) is 5.13. The van der Waals surface area contributed by atoms with Gasteiger partial charge in [0.15, 0.2) is 0 Å². The molecule has 28 heavy (non-hydrogen) atoms. The third kappa shape index (κ3) is 4.81. The topological polar surface area (TPSA) is 73.7 Å². The van der Waals surface area contributed by atoms with E-state index in [1.807, 2.05) is 30.3 Å².